The second-order valence-corrected chi connectivity index (χ2v) is 7.86. The van der Waals surface area contributed by atoms with Crippen LogP contribution in [0, 0.1) is 11.8 Å². The Hall–Kier alpha value is -0.0900. The summed E-state index contributed by atoms with van der Waals surface area (Å²) in [5.41, 5.74) is 0. The molecule has 0 amide bonds. The van der Waals surface area contributed by atoms with Gasteiger partial charge >= 0.3 is 0 Å². The van der Waals surface area contributed by atoms with Crippen LogP contribution in [0.4, 0.5) is 0 Å². The van der Waals surface area contributed by atoms with E-state index in [4.69, 9.17) is 0 Å². The first-order chi connectivity index (χ1) is 6.43. The van der Waals surface area contributed by atoms with E-state index in [-0.39, 0.29) is 0 Å². The first-order valence-corrected chi connectivity index (χ1v) is 7.02. The van der Waals surface area contributed by atoms with Gasteiger partial charge in [-0.1, -0.05) is 0 Å². The molecule has 0 saturated carbocycles. The van der Waals surface area contributed by atoms with E-state index in [0.717, 1.165) is 25.9 Å². The average Bonchev–Trinajstić information content (AvgIpc) is 2.17. The van der Waals surface area contributed by atoms with Crippen molar-refractivity contribution in [1.29, 1.82) is 0 Å². The molecule has 0 bridgehead atoms. The molecule has 0 aliphatic carbocycles. The summed E-state index contributed by atoms with van der Waals surface area (Å²) in [6.45, 7) is 5.94. The summed E-state index contributed by atoms with van der Waals surface area (Å²) in [6.07, 6.45) is 1.95. The van der Waals surface area contributed by atoms with E-state index in [1.165, 1.54) is 0 Å². The van der Waals surface area contributed by atoms with Gasteiger partial charge in [0.1, 0.15) is 0 Å². The van der Waals surface area contributed by atoms with Crippen LogP contribution in [0.25, 0.3) is 0 Å². The van der Waals surface area contributed by atoms with E-state index < -0.39 is 14.6 Å². The third-order valence-electron chi connectivity index (χ3n) is 4.00. The van der Waals surface area contributed by atoms with Crippen molar-refractivity contribution < 1.29 is 8.42 Å². The maximum Gasteiger partial charge on any atom is 0.155 e. The predicted molar refractivity (Wildman–Crippen MR) is 56.9 cm³/mol. The van der Waals surface area contributed by atoms with E-state index in [2.05, 4.69) is 5.32 Å². The van der Waals surface area contributed by atoms with Gasteiger partial charge < -0.3 is 5.32 Å². The third kappa shape index (κ3) is 1.48. The van der Waals surface area contributed by atoms with Gasteiger partial charge in [0.05, 0.1) is 10.5 Å². The summed E-state index contributed by atoms with van der Waals surface area (Å²) < 4.78 is 23.0. The van der Waals surface area contributed by atoms with Gasteiger partial charge in [-0.05, 0) is 51.6 Å². The Balaban J connectivity index is 2.07. The molecular formula is C10H19NO2S. The molecule has 2 fully saturated rings. The highest BCUT2D eigenvalue weighted by molar-refractivity contribution is 7.93. The van der Waals surface area contributed by atoms with Crippen molar-refractivity contribution in [3.8, 4) is 0 Å². The lowest BCUT2D eigenvalue weighted by Gasteiger charge is -2.33. The Morgan fingerprint density at radius 3 is 2.36 bits per heavy atom. The SMILES string of the molecule is CC1(C)C(CC2CNC2)CCS1(=O)=O. The van der Waals surface area contributed by atoms with E-state index in [0.29, 0.717) is 17.6 Å². The van der Waals surface area contributed by atoms with Crippen LogP contribution in [0.2, 0.25) is 0 Å². The molecule has 2 saturated heterocycles. The zero-order chi connectivity index (χ0) is 10.4. The number of hydrogen-bond acceptors (Lipinski definition) is 3. The van der Waals surface area contributed by atoms with E-state index in [9.17, 15) is 8.42 Å². The van der Waals surface area contributed by atoms with Crippen molar-refractivity contribution in [3.05, 3.63) is 0 Å². The van der Waals surface area contributed by atoms with Gasteiger partial charge in [0, 0.05) is 0 Å². The van der Waals surface area contributed by atoms with Crippen LogP contribution in [0.5, 0.6) is 0 Å². The Bertz CT molecular complexity index is 317. The fourth-order valence-corrected chi connectivity index (χ4v) is 4.32. The molecule has 0 spiro atoms. The third-order valence-corrected chi connectivity index (χ3v) is 6.71. The van der Waals surface area contributed by atoms with Gasteiger partial charge in [0.15, 0.2) is 9.84 Å². The Morgan fingerprint density at radius 2 is 2.00 bits per heavy atom. The van der Waals surface area contributed by atoms with Crippen molar-refractivity contribution in [2.45, 2.75) is 31.4 Å². The molecule has 2 rings (SSSR count). The molecule has 1 unspecified atom stereocenters. The molecule has 14 heavy (non-hydrogen) atoms. The second-order valence-electron chi connectivity index (χ2n) is 5.17. The van der Waals surface area contributed by atoms with Gasteiger partial charge in [-0.15, -0.1) is 0 Å². The maximum atomic E-state index is 11.8. The smallest absolute Gasteiger partial charge is 0.155 e. The van der Waals surface area contributed by atoms with Crippen LogP contribution >= 0.6 is 0 Å². The van der Waals surface area contributed by atoms with Crippen LogP contribution in [0.1, 0.15) is 26.7 Å². The predicted octanol–water partition coefficient (Wildman–Crippen LogP) is 0.809. The average molecular weight is 217 g/mol. The molecule has 1 N–H and O–H groups in total. The molecule has 1 atom stereocenters. The highest BCUT2D eigenvalue weighted by Gasteiger charge is 2.48. The fraction of sp³-hybridized carbons (Fsp3) is 1.00. The first kappa shape index (κ1) is 10.4. The van der Waals surface area contributed by atoms with Crippen LogP contribution in [0.15, 0.2) is 0 Å². The number of sulfone groups is 1. The van der Waals surface area contributed by atoms with Gasteiger partial charge in [-0.25, -0.2) is 8.42 Å². The molecule has 0 aromatic carbocycles. The lowest BCUT2D eigenvalue weighted by atomic mass is 9.82. The Labute approximate surface area is 86.2 Å². The number of rotatable bonds is 2. The summed E-state index contributed by atoms with van der Waals surface area (Å²) in [6, 6.07) is 0. The van der Waals surface area contributed by atoms with Crippen molar-refractivity contribution in [2.75, 3.05) is 18.8 Å². The van der Waals surface area contributed by atoms with Crippen LogP contribution in [0.3, 0.4) is 0 Å². The molecule has 3 nitrogen and oxygen atoms in total. The zero-order valence-corrected chi connectivity index (χ0v) is 9.73. The lowest BCUT2D eigenvalue weighted by Crippen LogP contribution is -2.45. The molecule has 0 aromatic heterocycles. The molecule has 2 heterocycles. The van der Waals surface area contributed by atoms with E-state index >= 15 is 0 Å². The van der Waals surface area contributed by atoms with Crippen molar-refractivity contribution in [3.63, 3.8) is 0 Å². The minimum atomic E-state index is -2.82. The van der Waals surface area contributed by atoms with Crippen molar-refractivity contribution >= 4 is 9.84 Å². The van der Waals surface area contributed by atoms with E-state index in [1.807, 2.05) is 13.8 Å². The molecular weight excluding hydrogens is 198 g/mol. The minimum absolute atomic E-state index is 0.375. The topological polar surface area (TPSA) is 46.2 Å². The monoisotopic (exact) mass is 217 g/mol. The zero-order valence-electron chi connectivity index (χ0n) is 8.91. The van der Waals surface area contributed by atoms with Crippen LogP contribution in [-0.2, 0) is 9.84 Å². The van der Waals surface area contributed by atoms with Crippen molar-refractivity contribution in [2.24, 2.45) is 11.8 Å². The summed E-state index contributed by atoms with van der Waals surface area (Å²) in [4.78, 5) is 0. The molecule has 82 valence electrons. The van der Waals surface area contributed by atoms with Gasteiger partial charge in [0.2, 0.25) is 0 Å². The van der Waals surface area contributed by atoms with Gasteiger partial charge in [-0.2, -0.15) is 0 Å². The Morgan fingerprint density at radius 1 is 1.36 bits per heavy atom. The maximum absolute atomic E-state index is 11.8. The first-order valence-electron chi connectivity index (χ1n) is 5.36. The largest absolute Gasteiger partial charge is 0.316 e. The molecule has 2 aliphatic rings. The molecule has 0 aromatic rings. The lowest BCUT2D eigenvalue weighted by molar-refractivity contribution is 0.251. The Kier molecular flexibility index (Phi) is 2.39. The van der Waals surface area contributed by atoms with Gasteiger partial charge in [0.25, 0.3) is 0 Å². The second kappa shape index (κ2) is 3.20. The molecule has 0 radical (unpaired) electrons. The molecule has 4 heteroatoms. The standard InChI is InChI=1S/C10H19NO2S/c1-10(2)9(3-4-14(10,12)13)5-8-6-11-7-8/h8-9,11H,3-7H2,1-2H3. The van der Waals surface area contributed by atoms with Crippen molar-refractivity contribution in [1.82, 2.24) is 5.32 Å². The summed E-state index contributed by atoms with van der Waals surface area (Å²) in [7, 11) is -2.82. The number of nitrogens with one attached hydrogen (secondary N) is 1. The normalized spacial score (nSPS) is 35.4. The fourth-order valence-electron chi connectivity index (χ4n) is 2.48. The quantitative estimate of drug-likeness (QED) is 0.744. The highest BCUT2D eigenvalue weighted by Crippen LogP contribution is 2.41. The molecule has 2 aliphatic heterocycles. The summed E-state index contributed by atoms with van der Waals surface area (Å²) >= 11 is 0. The minimum Gasteiger partial charge on any atom is -0.316 e. The van der Waals surface area contributed by atoms with Crippen LogP contribution < -0.4 is 5.32 Å². The summed E-state index contributed by atoms with van der Waals surface area (Å²) in [5.74, 6) is 1.48. The highest BCUT2D eigenvalue weighted by atomic mass is 32.2. The number of hydrogen-bond donors (Lipinski definition) is 1. The van der Waals surface area contributed by atoms with E-state index in [1.54, 1.807) is 0 Å². The van der Waals surface area contributed by atoms with Gasteiger partial charge in [-0.3, -0.25) is 0 Å². The summed E-state index contributed by atoms with van der Waals surface area (Å²) in [5, 5.41) is 3.23. The van der Waals surface area contributed by atoms with Crippen LogP contribution in [-0.4, -0.2) is 32.0 Å².